The Balaban J connectivity index is 1.18. The molecule has 0 N–H and O–H groups in total. The molecule has 1 saturated heterocycles. The third-order valence-corrected chi connectivity index (χ3v) is 13.5. The van der Waals surface area contributed by atoms with E-state index in [1.165, 1.54) is 6.92 Å². The smallest absolute Gasteiger partial charge is 0.302 e. The predicted octanol–water partition coefficient (Wildman–Crippen LogP) is 9.02. The van der Waals surface area contributed by atoms with Crippen molar-refractivity contribution in [1.82, 2.24) is 0 Å². The van der Waals surface area contributed by atoms with Crippen molar-refractivity contribution in [2.45, 2.75) is 27.4 Å². The first-order valence-corrected chi connectivity index (χ1v) is 24.7. The Morgan fingerprint density at radius 1 is 0.582 bits per heavy atom. The van der Waals surface area contributed by atoms with Crippen LogP contribution in [0, 0.1) is 13.8 Å². The molecule has 3 aromatic carbocycles. The molecule has 2 aromatic heterocycles. The van der Waals surface area contributed by atoms with Crippen LogP contribution in [0.2, 0.25) is 0 Å². The zero-order chi connectivity index (χ0) is 46.6. The summed E-state index contributed by atoms with van der Waals surface area (Å²) in [5.74, 6) is 2.07. The van der Waals surface area contributed by atoms with Gasteiger partial charge in [0.05, 0.1) is 89.6 Å². The molecule has 67 heavy (non-hydrogen) atoms. The maximum absolute atomic E-state index is 11.3. The highest BCUT2D eigenvalue weighted by Gasteiger charge is 2.20. The van der Waals surface area contributed by atoms with Crippen molar-refractivity contribution in [3.63, 3.8) is 0 Å². The van der Waals surface area contributed by atoms with Crippen molar-refractivity contribution in [3.8, 4) is 27.0 Å². The van der Waals surface area contributed by atoms with Gasteiger partial charge in [0.25, 0.3) is 0 Å². The molecule has 360 valence electrons. The van der Waals surface area contributed by atoms with E-state index in [1.807, 2.05) is 6.07 Å². The van der Waals surface area contributed by atoms with Gasteiger partial charge in [0, 0.05) is 59.7 Å². The number of fused-ring (bicyclic) bond motifs is 20. The molecule has 0 saturated carbocycles. The molecule has 5 heterocycles. The molecular weight excluding hydrogens is 891 g/mol. The van der Waals surface area contributed by atoms with Crippen LogP contribution >= 0.6 is 22.7 Å². The van der Waals surface area contributed by atoms with Crippen LogP contribution in [-0.2, 0) is 39.8 Å². The van der Waals surface area contributed by atoms with E-state index < -0.39 is 0 Å². The molecule has 1 fully saturated rings. The molecule has 3 aliphatic heterocycles. The van der Waals surface area contributed by atoms with E-state index in [9.17, 15) is 4.79 Å². The summed E-state index contributed by atoms with van der Waals surface area (Å²) in [6, 6.07) is 27.4. The molecular formula is C52H65N3O10S2. The highest BCUT2D eigenvalue weighted by molar-refractivity contribution is 7.22. The van der Waals surface area contributed by atoms with E-state index in [2.05, 4.69) is 113 Å². The first-order valence-electron chi connectivity index (χ1n) is 23.1. The number of benzene rings is 3. The third kappa shape index (κ3) is 15.4. The minimum Gasteiger partial charge on any atom is -0.490 e. The molecule has 0 aliphatic carbocycles. The van der Waals surface area contributed by atoms with Crippen LogP contribution in [0.1, 0.15) is 33.4 Å². The standard InChI is InChI=1S/C52H65N3O10S2/c1-39-5-12-45-48(35-39)62-27-21-55(22-28-63-49-36-40(2)6-13-46(49)54-19-25-60-32-30-58-23-17-53(45)18-24-59-31-33-61-26-20-54)47-14-8-42(37-50(47)64-34-29-57-4)7-9-43-10-15-51(66-43)52-16-11-44(67-52)38-65-41(3)56/h5-16,35-37H,17-34,38H2,1-4H3/b9-7+. The molecule has 15 heteroatoms. The van der Waals surface area contributed by atoms with Crippen LogP contribution in [0.25, 0.3) is 21.9 Å². The van der Waals surface area contributed by atoms with Gasteiger partial charge in [0.1, 0.15) is 43.7 Å². The van der Waals surface area contributed by atoms with Crippen LogP contribution in [0.4, 0.5) is 17.1 Å². The summed E-state index contributed by atoms with van der Waals surface area (Å²) in [5, 5.41) is 0. The van der Waals surface area contributed by atoms with Crippen molar-refractivity contribution < 1.29 is 47.4 Å². The number of carbonyl (C=O) groups excluding carboxylic acids is 1. The molecule has 0 unspecified atom stereocenters. The fraction of sp³-hybridized carbons (Fsp3) is 0.442. The summed E-state index contributed by atoms with van der Waals surface area (Å²) in [5.41, 5.74) is 6.13. The second-order valence-corrected chi connectivity index (χ2v) is 18.5. The normalized spacial score (nSPS) is 16.4. The lowest BCUT2D eigenvalue weighted by Crippen LogP contribution is -2.34. The van der Waals surface area contributed by atoms with Gasteiger partial charge in [-0.15, -0.1) is 22.7 Å². The fourth-order valence-corrected chi connectivity index (χ4v) is 9.61. The van der Waals surface area contributed by atoms with Gasteiger partial charge in [0.2, 0.25) is 0 Å². The number of ether oxygens (including phenoxy) is 9. The van der Waals surface area contributed by atoms with Gasteiger partial charge in [-0.1, -0.05) is 24.3 Å². The first-order chi connectivity index (χ1) is 32.8. The van der Waals surface area contributed by atoms with Crippen LogP contribution in [-0.4, -0.2) is 132 Å². The van der Waals surface area contributed by atoms with Crippen molar-refractivity contribution in [3.05, 3.63) is 105 Å². The van der Waals surface area contributed by atoms with E-state index in [-0.39, 0.29) is 12.6 Å². The van der Waals surface area contributed by atoms with Gasteiger partial charge >= 0.3 is 5.97 Å². The number of aryl methyl sites for hydroxylation is 2. The summed E-state index contributed by atoms with van der Waals surface area (Å²) in [6.07, 6.45) is 4.25. The molecule has 0 atom stereocenters. The van der Waals surface area contributed by atoms with Crippen molar-refractivity contribution in [1.29, 1.82) is 0 Å². The first kappa shape index (κ1) is 49.8. The highest BCUT2D eigenvalue weighted by atomic mass is 32.1. The number of carbonyl (C=O) groups is 1. The van der Waals surface area contributed by atoms with Crippen molar-refractivity contribution >= 4 is 57.9 Å². The maximum Gasteiger partial charge on any atom is 0.302 e. The predicted molar refractivity (Wildman–Crippen MR) is 269 cm³/mol. The number of anilines is 3. The van der Waals surface area contributed by atoms with Crippen molar-refractivity contribution in [2.75, 3.05) is 140 Å². The molecule has 13 nitrogen and oxygen atoms in total. The average molecular weight is 956 g/mol. The number of esters is 1. The number of hydrogen-bond acceptors (Lipinski definition) is 15. The highest BCUT2D eigenvalue weighted by Crippen LogP contribution is 2.37. The molecule has 3 aliphatic rings. The Labute approximate surface area is 403 Å². The minimum atomic E-state index is -0.281. The molecule has 5 aromatic rings. The second-order valence-electron chi connectivity index (χ2n) is 16.2. The van der Waals surface area contributed by atoms with Gasteiger partial charge in [-0.3, -0.25) is 4.79 Å². The summed E-state index contributed by atoms with van der Waals surface area (Å²) in [6.45, 7) is 15.5. The minimum absolute atomic E-state index is 0.281. The molecule has 0 radical (unpaired) electrons. The quantitative estimate of drug-likeness (QED) is 0.0756. The van der Waals surface area contributed by atoms with Gasteiger partial charge < -0.3 is 57.3 Å². The molecule has 2 bridgehead atoms. The lowest BCUT2D eigenvalue weighted by Gasteiger charge is -2.30. The number of rotatable bonds is 10. The zero-order valence-corrected chi connectivity index (χ0v) is 41.0. The Morgan fingerprint density at radius 2 is 1.10 bits per heavy atom. The monoisotopic (exact) mass is 955 g/mol. The largest absolute Gasteiger partial charge is 0.490 e. The van der Waals surface area contributed by atoms with E-state index in [4.69, 9.17) is 42.6 Å². The van der Waals surface area contributed by atoms with Crippen molar-refractivity contribution in [2.24, 2.45) is 0 Å². The molecule has 0 amide bonds. The summed E-state index contributed by atoms with van der Waals surface area (Å²) in [7, 11) is 1.68. The number of nitrogens with zero attached hydrogens (tertiary/aromatic N) is 3. The Bertz CT molecular complexity index is 2230. The Hall–Kier alpha value is -5.13. The van der Waals surface area contributed by atoms with E-state index in [1.54, 1.807) is 29.8 Å². The average Bonchev–Trinajstić information content (AvgIpc) is 4.00. The van der Waals surface area contributed by atoms with Crippen LogP contribution in [0.15, 0.2) is 78.9 Å². The number of methoxy groups -OCH3 is 1. The zero-order valence-electron chi connectivity index (χ0n) is 39.3. The Morgan fingerprint density at radius 3 is 1.67 bits per heavy atom. The van der Waals surface area contributed by atoms with Gasteiger partial charge in [-0.25, -0.2) is 0 Å². The topological polar surface area (TPSA) is 110 Å². The maximum atomic E-state index is 11.3. The second kappa shape index (κ2) is 26.4. The van der Waals surface area contributed by atoms with E-state index >= 15 is 0 Å². The van der Waals surface area contributed by atoms with Gasteiger partial charge in [-0.2, -0.15) is 0 Å². The van der Waals surface area contributed by atoms with E-state index in [0.717, 1.165) is 70.5 Å². The van der Waals surface area contributed by atoms with Crippen LogP contribution < -0.4 is 28.9 Å². The summed E-state index contributed by atoms with van der Waals surface area (Å²) in [4.78, 5) is 22.6. The van der Waals surface area contributed by atoms with Gasteiger partial charge in [0.15, 0.2) is 0 Å². The molecule has 0 spiro atoms. The number of thiophene rings is 2. The van der Waals surface area contributed by atoms with Crippen LogP contribution in [0.5, 0.6) is 17.2 Å². The molecule has 8 rings (SSSR count). The fourth-order valence-electron chi connectivity index (χ4n) is 7.69. The van der Waals surface area contributed by atoms with E-state index in [0.29, 0.717) is 119 Å². The van der Waals surface area contributed by atoms with Gasteiger partial charge in [-0.05, 0) is 97.3 Å². The summed E-state index contributed by atoms with van der Waals surface area (Å²) < 4.78 is 55.1. The SMILES string of the molecule is COCCOc1cc(/C=C/c2ccc(-c3ccc(COC(C)=O)s3)s2)ccc1N1CCOc2cc(C)ccc2N2CCOCCOCCN(CCOCCOCC2)c2ccc(C)cc2OCC1. The Kier molecular flexibility index (Phi) is 19.6. The lowest BCUT2D eigenvalue weighted by molar-refractivity contribution is -0.142. The lowest BCUT2D eigenvalue weighted by atomic mass is 10.1. The third-order valence-electron chi connectivity index (χ3n) is 11.2. The van der Waals surface area contributed by atoms with Crippen LogP contribution in [0.3, 0.4) is 0 Å². The summed E-state index contributed by atoms with van der Waals surface area (Å²) >= 11 is 3.35. The number of hydrogen-bond donors (Lipinski definition) is 0.